The lowest BCUT2D eigenvalue weighted by Crippen LogP contribution is -2.35. The number of benzene rings is 1. The fourth-order valence-corrected chi connectivity index (χ4v) is 4.71. The summed E-state index contributed by atoms with van der Waals surface area (Å²) >= 11 is 2.12. The zero-order valence-electron chi connectivity index (χ0n) is 10.3. The number of hydrogen-bond acceptors (Lipinski definition) is 2. The molecule has 1 aliphatic rings. The highest BCUT2D eigenvalue weighted by Crippen LogP contribution is 2.31. The van der Waals surface area contributed by atoms with E-state index in [-0.39, 0.29) is 6.04 Å². The van der Waals surface area contributed by atoms with E-state index in [9.17, 15) is 8.42 Å². The molecule has 5 heteroatoms. The first kappa shape index (κ1) is 14.0. The van der Waals surface area contributed by atoms with E-state index in [0.717, 1.165) is 22.0 Å². The molecule has 0 aliphatic carbocycles. The quantitative estimate of drug-likeness (QED) is 0.760. The van der Waals surface area contributed by atoms with Gasteiger partial charge in [0.25, 0.3) is 0 Å². The van der Waals surface area contributed by atoms with Gasteiger partial charge in [0.05, 0.1) is 10.9 Å². The Kier molecular flexibility index (Phi) is 4.13. The molecule has 1 unspecified atom stereocenters. The van der Waals surface area contributed by atoms with Crippen molar-refractivity contribution in [3.8, 4) is 0 Å². The second-order valence-electron chi connectivity index (χ2n) is 4.53. The van der Waals surface area contributed by atoms with Crippen LogP contribution in [0.3, 0.4) is 0 Å². The van der Waals surface area contributed by atoms with Gasteiger partial charge in [-0.3, -0.25) is 0 Å². The average Bonchev–Trinajstić information content (AvgIpc) is 2.79. The van der Waals surface area contributed by atoms with Crippen molar-refractivity contribution in [2.24, 2.45) is 0 Å². The molecule has 1 atom stereocenters. The van der Waals surface area contributed by atoms with Crippen LogP contribution in [0.15, 0.2) is 39.3 Å². The van der Waals surface area contributed by atoms with Gasteiger partial charge in [-0.05, 0) is 54.5 Å². The highest BCUT2D eigenvalue weighted by atomic mass is 127. The Hall–Kier alpha value is -0.400. The molecule has 0 bridgehead atoms. The van der Waals surface area contributed by atoms with Crippen LogP contribution in [0.5, 0.6) is 0 Å². The van der Waals surface area contributed by atoms with Gasteiger partial charge < -0.3 is 0 Å². The topological polar surface area (TPSA) is 37.4 Å². The zero-order valence-corrected chi connectivity index (χ0v) is 13.2. The average molecular weight is 377 g/mol. The number of aryl methyl sites for hydroxylation is 1. The van der Waals surface area contributed by atoms with E-state index in [1.807, 2.05) is 19.1 Å². The van der Waals surface area contributed by atoms with Crippen LogP contribution in [-0.2, 0) is 10.0 Å². The normalized spacial score (nSPS) is 21.1. The Bertz CT molecular complexity index is 551. The van der Waals surface area contributed by atoms with E-state index >= 15 is 0 Å². The monoisotopic (exact) mass is 377 g/mol. The third-order valence-corrected chi connectivity index (χ3v) is 5.83. The summed E-state index contributed by atoms with van der Waals surface area (Å²) in [6.07, 6.45) is 1.77. The largest absolute Gasteiger partial charge is 0.243 e. The third kappa shape index (κ3) is 2.62. The van der Waals surface area contributed by atoms with Gasteiger partial charge in [-0.25, -0.2) is 8.42 Å². The highest BCUT2D eigenvalue weighted by Gasteiger charge is 2.35. The lowest BCUT2D eigenvalue weighted by molar-refractivity contribution is 0.431. The van der Waals surface area contributed by atoms with Crippen molar-refractivity contribution in [1.82, 2.24) is 4.31 Å². The van der Waals surface area contributed by atoms with Crippen molar-refractivity contribution in [1.29, 1.82) is 0 Å². The standard InChI is InChI=1S/C13H16INO2S/c1-10-5-7-12(8-6-10)18(16,17)15-9-3-4-13(15)11(2)14/h5-8,13H,2-4,9H2,1H3. The van der Waals surface area contributed by atoms with Crippen molar-refractivity contribution >= 4 is 32.6 Å². The Morgan fingerprint density at radius 1 is 1.39 bits per heavy atom. The summed E-state index contributed by atoms with van der Waals surface area (Å²) in [4.78, 5) is 0.373. The number of sulfonamides is 1. The first-order valence-corrected chi connectivity index (χ1v) is 8.37. The molecule has 0 amide bonds. The highest BCUT2D eigenvalue weighted by molar-refractivity contribution is 14.1. The fraction of sp³-hybridized carbons (Fsp3) is 0.385. The van der Waals surface area contributed by atoms with Gasteiger partial charge in [0.15, 0.2) is 0 Å². The minimum atomic E-state index is -3.38. The van der Waals surface area contributed by atoms with E-state index in [1.165, 1.54) is 0 Å². The van der Waals surface area contributed by atoms with Gasteiger partial charge in [0, 0.05) is 10.1 Å². The van der Waals surface area contributed by atoms with E-state index < -0.39 is 10.0 Å². The minimum Gasteiger partial charge on any atom is -0.207 e. The van der Waals surface area contributed by atoms with Crippen LogP contribution in [0, 0.1) is 6.92 Å². The summed E-state index contributed by atoms with van der Waals surface area (Å²) in [5.74, 6) is 0. The predicted octanol–water partition coefficient (Wildman–Crippen LogP) is 3.10. The minimum absolute atomic E-state index is 0.0584. The van der Waals surface area contributed by atoms with Crippen molar-refractivity contribution in [3.05, 3.63) is 40.0 Å². The van der Waals surface area contributed by atoms with E-state index in [0.29, 0.717) is 11.4 Å². The summed E-state index contributed by atoms with van der Waals surface area (Å²) in [6, 6.07) is 6.96. The predicted molar refractivity (Wildman–Crippen MR) is 81.3 cm³/mol. The molecule has 3 nitrogen and oxygen atoms in total. The number of hydrogen-bond donors (Lipinski definition) is 0. The molecule has 1 saturated heterocycles. The molecular formula is C13H16INO2S. The van der Waals surface area contributed by atoms with Crippen molar-refractivity contribution in [2.75, 3.05) is 6.54 Å². The summed E-state index contributed by atoms with van der Waals surface area (Å²) in [5, 5.41) is 0. The molecular weight excluding hydrogens is 361 g/mol. The van der Waals surface area contributed by atoms with Crippen LogP contribution < -0.4 is 0 Å². The van der Waals surface area contributed by atoms with Gasteiger partial charge in [-0.1, -0.05) is 24.3 Å². The molecule has 0 spiro atoms. The first-order valence-electron chi connectivity index (χ1n) is 5.86. The Morgan fingerprint density at radius 3 is 2.56 bits per heavy atom. The number of halogens is 1. The van der Waals surface area contributed by atoms with Crippen LogP contribution in [0.1, 0.15) is 18.4 Å². The first-order chi connectivity index (χ1) is 8.43. The molecule has 1 fully saturated rings. The second kappa shape index (κ2) is 5.30. The summed E-state index contributed by atoms with van der Waals surface area (Å²) in [5.41, 5.74) is 1.06. The Balaban J connectivity index is 2.36. The maximum Gasteiger partial charge on any atom is 0.243 e. The fourth-order valence-electron chi connectivity index (χ4n) is 2.19. The van der Waals surface area contributed by atoms with E-state index in [2.05, 4.69) is 29.2 Å². The lowest BCUT2D eigenvalue weighted by atomic mass is 10.2. The zero-order chi connectivity index (χ0) is 13.3. The number of nitrogens with zero attached hydrogens (tertiary/aromatic N) is 1. The molecule has 18 heavy (non-hydrogen) atoms. The van der Waals surface area contributed by atoms with Crippen LogP contribution >= 0.6 is 22.6 Å². The third-order valence-electron chi connectivity index (χ3n) is 3.19. The molecule has 1 heterocycles. The Morgan fingerprint density at radius 2 is 2.00 bits per heavy atom. The van der Waals surface area contributed by atoms with E-state index in [4.69, 9.17) is 0 Å². The summed E-state index contributed by atoms with van der Waals surface area (Å²) < 4.78 is 27.5. The maximum atomic E-state index is 12.5. The van der Waals surface area contributed by atoms with Gasteiger partial charge in [0.1, 0.15) is 0 Å². The van der Waals surface area contributed by atoms with Gasteiger partial charge in [0.2, 0.25) is 10.0 Å². The van der Waals surface area contributed by atoms with Crippen LogP contribution in [0.2, 0.25) is 0 Å². The maximum absolute atomic E-state index is 12.5. The summed E-state index contributed by atoms with van der Waals surface area (Å²) in [7, 11) is -3.38. The lowest BCUT2D eigenvalue weighted by Gasteiger charge is -2.23. The molecule has 0 radical (unpaired) electrons. The van der Waals surface area contributed by atoms with Crippen molar-refractivity contribution in [3.63, 3.8) is 0 Å². The second-order valence-corrected chi connectivity index (χ2v) is 7.81. The van der Waals surface area contributed by atoms with Gasteiger partial charge in [-0.2, -0.15) is 4.31 Å². The van der Waals surface area contributed by atoms with Crippen LogP contribution in [-0.4, -0.2) is 25.3 Å². The van der Waals surface area contributed by atoms with Crippen molar-refractivity contribution < 1.29 is 8.42 Å². The number of rotatable bonds is 3. The summed E-state index contributed by atoms with van der Waals surface area (Å²) in [6.45, 7) is 6.42. The SMILES string of the molecule is C=C(I)C1CCCN1S(=O)(=O)c1ccc(C)cc1. The molecule has 2 rings (SSSR count). The van der Waals surface area contributed by atoms with Gasteiger partial charge >= 0.3 is 0 Å². The van der Waals surface area contributed by atoms with Crippen LogP contribution in [0.4, 0.5) is 0 Å². The smallest absolute Gasteiger partial charge is 0.207 e. The molecule has 1 aromatic carbocycles. The van der Waals surface area contributed by atoms with Crippen molar-refractivity contribution in [2.45, 2.75) is 30.7 Å². The molecule has 1 aliphatic heterocycles. The molecule has 0 N–H and O–H groups in total. The molecule has 0 saturated carbocycles. The molecule has 0 aromatic heterocycles. The Labute approximate surface area is 122 Å². The van der Waals surface area contributed by atoms with Gasteiger partial charge in [-0.15, -0.1) is 0 Å². The molecule has 98 valence electrons. The molecule has 1 aromatic rings. The van der Waals surface area contributed by atoms with E-state index in [1.54, 1.807) is 16.4 Å². The van der Waals surface area contributed by atoms with Crippen LogP contribution in [0.25, 0.3) is 0 Å².